The summed E-state index contributed by atoms with van der Waals surface area (Å²) in [6.07, 6.45) is 1.64. The Morgan fingerprint density at radius 1 is 0.806 bits per heavy atom. The van der Waals surface area contributed by atoms with Crippen molar-refractivity contribution in [2.45, 2.75) is 28.4 Å². The Hall–Kier alpha value is -2.77. The highest BCUT2D eigenvalue weighted by atomic mass is 79.9. The van der Waals surface area contributed by atoms with E-state index < -0.39 is 26.5 Å². The number of rotatable bonds is 5. The van der Waals surface area contributed by atoms with Crippen molar-refractivity contribution >= 4 is 55.3 Å². The largest absolute Gasteiger partial charge is 0.462 e. The highest BCUT2D eigenvalue weighted by Gasteiger charge is 2.72. The molecule has 1 fully saturated rings. The zero-order chi connectivity index (χ0) is 25.2. The lowest BCUT2D eigenvalue weighted by Crippen LogP contribution is -2.56. The molecule has 0 spiro atoms. The van der Waals surface area contributed by atoms with E-state index in [-0.39, 0.29) is 29.7 Å². The summed E-state index contributed by atoms with van der Waals surface area (Å²) < 4.78 is 3.69. The average molecular weight is 609 g/mol. The smallest absolute Gasteiger partial charge is 0.340 e. The Kier molecular flexibility index (Phi) is 5.50. The number of ether oxygens (including phenoxy) is 1. The first-order chi connectivity index (χ1) is 17.4. The fraction of sp³-hybridized carbons (Fsp3) is 0.276. The predicted octanol–water partition coefficient (Wildman–Crippen LogP) is 6.05. The van der Waals surface area contributed by atoms with Crippen molar-refractivity contribution in [3.05, 3.63) is 101 Å². The molecule has 4 aliphatic rings. The van der Waals surface area contributed by atoms with Crippen LogP contribution in [0.25, 0.3) is 0 Å². The number of carbonyl (C=O) groups is 3. The van der Waals surface area contributed by atoms with E-state index in [9.17, 15) is 14.4 Å². The van der Waals surface area contributed by atoms with Crippen LogP contribution in [0.15, 0.2) is 72.8 Å². The van der Waals surface area contributed by atoms with Gasteiger partial charge in [-0.05, 0) is 40.8 Å². The van der Waals surface area contributed by atoms with Crippen molar-refractivity contribution in [2.24, 2.45) is 11.8 Å². The van der Waals surface area contributed by atoms with E-state index in [2.05, 4.69) is 31.9 Å². The second kappa shape index (κ2) is 8.38. The lowest BCUT2D eigenvalue weighted by molar-refractivity contribution is -0.122. The van der Waals surface area contributed by atoms with Crippen molar-refractivity contribution < 1.29 is 19.1 Å². The molecule has 3 aromatic rings. The van der Waals surface area contributed by atoms with Gasteiger partial charge in [0.1, 0.15) is 0 Å². The van der Waals surface area contributed by atoms with Crippen LogP contribution >= 0.6 is 31.9 Å². The minimum Gasteiger partial charge on any atom is -0.462 e. The van der Waals surface area contributed by atoms with Gasteiger partial charge in [0.2, 0.25) is 11.8 Å². The van der Waals surface area contributed by atoms with Crippen LogP contribution in [-0.4, -0.2) is 24.4 Å². The molecule has 0 aromatic heterocycles. The number of esters is 1. The monoisotopic (exact) mass is 607 g/mol. The van der Waals surface area contributed by atoms with Crippen molar-refractivity contribution in [2.75, 3.05) is 11.5 Å². The van der Waals surface area contributed by atoms with Crippen molar-refractivity contribution in [1.82, 2.24) is 0 Å². The third-order valence-corrected chi connectivity index (χ3v) is 10.4. The summed E-state index contributed by atoms with van der Waals surface area (Å²) >= 11 is 8.01. The lowest BCUT2D eigenvalue weighted by Gasteiger charge is -2.55. The molecule has 0 saturated carbocycles. The first kappa shape index (κ1) is 23.6. The third kappa shape index (κ3) is 2.90. The fourth-order valence-corrected chi connectivity index (χ4v) is 8.44. The van der Waals surface area contributed by atoms with Gasteiger partial charge in [-0.3, -0.25) is 9.59 Å². The van der Waals surface area contributed by atoms with Crippen LogP contribution in [0.2, 0.25) is 0 Å². The average Bonchev–Trinajstić information content (AvgIpc) is 3.18. The number of halogens is 2. The maximum Gasteiger partial charge on any atom is 0.340 e. The maximum absolute atomic E-state index is 14.2. The number of para-hydroxylation sites is 1. The van der Waals surface area contributed by atoms with Crippen LogP contribution in [0.1, 0.15) is 52.4 Å². The Labute approximate surface area is 226 Å². The normalized spacial score (nSPS) is 27.5. The summed E-state index contributed by atoms with van der Waals surface area (Å²) in [6, 6.07) is 22.6. The van der Waals surface area contributed by atoms with Crippen LogP contribution < -0.4 is 4.90 Å². The van der Waals surface area contributed by atoms with Gasteiger partial charge in [0, 0.05) is 0 Å². The second-order valence-corrected chi connectivity index (χ2v) is 12.0. The van der Waals surface area contributed by atoms with Gasteiger partial charge in [0.05, 0.1) is 38.3 Å². The van der Waals surface area contributed by atoms with Gasteiger partial charge in [-0.2, -0.15) is 0 Å². The first-order valence-electron chi connectivity index (χ1n) is 12.1. The second-order valence-electron chi connectivity index (χ2n) is 9.49. The topological polar surface area (TPSA) is 63.7 Å². The fourth-order valence-electron chi connectivity index (χ4n) is 6.13. The Bertz CT molecular complexity index is 1310. The van der Waals surface area contributed by atoms with E-state index in [4.69, 9.17) is 4.74 Å². The standard InChI is InChI=1S/C29H23Br2NO4/c1-2-3-16-36-27(35)17-10-4-9-15-22(17)32-25(33)23-24(26(32)34)29(31)19-12-6-5-11-18(19)28(23,30)20-13-7-8-14-21(20)29/h4-15,23-24H,2-3,16H2,1H3/t23-,24-,28?,29?/m1/s1. The van der Waals surface area contributed by atoms with E-state index in [1.165, 1.54) is 4.90 Å². The zero-order valence-electron chi connectivity index (χ0n) is 19.5. The molecule has 36 heavy (non-hydrogen) atoms. The Balaban J connectivity index is 1.52. The van der Waals surface area contributed by atoms with Crippen LogP contribution in [0, 0.1) is 11.8 Å². The third-order valence-electron chi connectivity index (χ3n) is 7.68. The Morgan fingerprint density at radius 2 is 1.25 bits per heavy atom. The van der Waals surface area contributed by atoms with Crippen LogP contribution in [0.5, 0.6) is 0 Å². The minimum atomic E-state index is -0.877. The molecule has 2 bridgehead atoms. The molecule has 1 saturated heterocycles. The first-order valence-corrected chi connectivity index (χ1v) is 13.7. The van der Waals surface area contributed by atoms with Gasteiger partial charge in [0.25, 0.3) is 0 Å². The predicted molar refractivity (Wildman–Crippen MR) is 143 cm³/mol. The molecule has 0 radical (unpaired) electrons. The SMILES string of the molecule is CCCCOC(=O)c1ccccc1N1C(=O)[C@H]2[C@H](C1=O)C1(Br)c3ccccc3C2(Br)c2ccccc21. The zero-order valence-corrected chi connectivity index (χ0v) is 22.7. The van der Waals surface area contributed by atoms with E-state index in [1.54, 1.807) is 24.3 Å². The number of amides is 2. The summed E-state index contributed by atoms with van der Waals surface area (Å²) in [5.74, 6) is -2.59. The van der Waals surface area contributed by atoms with Gasteiger partial charge in [0.15, 0.2) is 0 Å². The highest BCUT2D eigenvalue weighted by molar-refractivity contribution is 9.10. The van der Waals surface area contributed by atoms with Gasteiger partial charge in [-0.15, -0.1) is 0 Å². The molecule has 182 valence electrons. The van der Waals surface area contributed by atoms with Crippen LogP contribution in [0.4, 0.5) is 5.69 Å². The molecule has 1 heterocycles. The molecule has 2 atom stereocenters. The molecule has 0 unspecified atom stereocenters. The van der Waals surface area contributed by atoms with Gasteiger partial charge >= 0.3 is 5.97 Å². The number of hydrogen-bond acceptors (Lipinski definition) is 4. The highest BCUT2D eigenvalue weighted by Crippen LogP contribution is 2.70. The van der Waals surface area contributed by atoms with Gasteiger partial charge in [-0.1, -0.05) is 106 Å². The summed E-state index contributed by atoms with van der Waals surface area (Å²) in [4.78, 5) is 42.7. The summed E-state index contributed by atoms with van der Waals surface area (Å²) in [5.41, 5.74) is 4.36. The number of imide groups is 1. The Morgan fingerprint density at radius 3 is 1.72 bits per heavy atom. The number of nitrogens with zero attached hydrogens (tertiary/aromatic N) is 1. The number of anilines is 1. The quantitative estimate of drug-likeness (QED) is 0.153. The molecule has 3 aliphatic carbocycles. The van der Waals surface area contributed by atoms with E-state index in [1.807, 2.05) is 55.5 Å². The molecular formula is C29H23Br2NO4. The number of hydrogen-bond donors (Lipinski definition) is 0. The molecular weight excluding hydrogens is 586 g/mol. The number of alkyl halides is 2. The summed E-state index contributed by atoms with van der Waals surface area (Å²) in [5, 5.41) is 0. The van der Waals surface area contributed by atoms with Crippen LogP contribution in [-0.2, 0) is 23.0 Å². The number of unbranched alkanes of at least 4 members (excludes halogenated alkanes) is 1. The van der Waals surface area contributed by atoms with Crippen molar-refractivity contribution in [3.63, 3.8) is 0 Å². The van der Waals surface area contributed by atoms with Gasteiger partial charge < -0.3 is 4.74 Å². The van der Waals surface area contributed by atoms with Gasteiger partial charge in [-0.25, -0.2) is 9.69 Å². The van der Waals surface area contributed by atoms with Crippen LogP contribution in [0.3, 0.4) is 0 Å². The van der Waals surface area contributed by atoms with E-state index >= 15 is 0 Å². The van der Waals surface area contributed by atoms with E-state index in [0.29, 0.717) is 0 Å². The lowest BCUT2D eigenvalue weighted by atomic mass is 9.54. The molecule has 3 aromatic carbocycles. The molecule has 0 N–H and O–H groups in total. The summed E-state index contributed by atoms with van der Waals surface area (Å²) in [7, 11) is 0. The van der Waals surface area contributed by atoms with Crippen molar-refractivity contribution in [3.8, 4) is 0 Å². The van der Waals surface area contributed by atoms with Crippen molar-refractivity contribution in [1.29, 1.82) is 0 Å². The number of carbonyl (C=O) groups excluding carboxylic acids is 3. The molecule has 7 rings (SSSR count). The molecule has 7 heteroatoms. The minimum absolute atomic E-state index is 0.212. The molecule has 2 amide bonds. The molecule has 5 nitrogen and oxygen atoms in total. The maximum atomic E-state index is 14.2. The van der Waals surface area contributed by atoms with E-state index in [0.717, 1.165) is 35.1 Å². The summed E-state index contributed by atoms with van der Waals surface area (Å²) in [6.45, 7) is 2.30. The number of benzene rings is 3. The molecule has 1 aliphatic heterocycles.